The zero-order valence-corrected chi connectivity index (χ0v) is 43.9. The fourth-order valence-corrected chi connectivity index (χ4v) is 14.0. The third-order valence-corrected chi connectivity index (χ3v) is 17.2. The third kappa shape index (κ3) is 6.53. The fourth-order valence-electron chi connectivity index (χ4n) is 14.0. The highest BCUT2D eigenvalue weighted by Crippen LogP contribution is 2.63. The van der Waals surface area contributed by atoms with Crippen LogP contribution in [0.3, 0.4) is 0 Å². The molecular formula is C77H48N2O2. The highest BCUT2D eigenvalue weighted by molar-refractivity contribution is 6.24. The first-order valence-corrected chi connectivity index (χ1v) is 27.8. The van der Waals surface area contributed by atoms with E-state index in [1.807, 2.05) is 0 Å². The molecule has 4 heteroatoms. The molecule has 2 aromatic heterocycles. The van der Waals surface area contributed by atoms with Crippen molar-refractivity contribution in [3.63, 3.8) is 0 Å². The van der Waals surface area contributed by atoms with Crippen molar-refractivity contribution in [1.29, 1.82) is 0 Å². The number of hydrogen-bond donors (Lipinski definition) is 0. The Morgan fingerprint density at radius 2 is 0.605 bits per heavy atom. The standard InChI is InChI=1S/C77H48N2O2/c1-5-25-51(26-6-1)77(52-27-7-2-8-28-52)63-47-67(78(53-29-9-3-10-30-53)65-41-21-39-61-71-55-33-15-13-23-49(55)43-45-69(71)80-75(61)65)57-35-17-19-37-59(57)73(63)74-60-38-20-18-36-58(60)68(48-64(74)77)79(54-31-11-4-12-32-54)66-42-22-40-62-72-56-34-16-14-24-50(56)44-46-70(72)81-76(62)66/h1-48H. The molecule has 14 aromatic carbocycles. The van der Waals surface area contributed by atoms with Crippen LogP contribution in [-0.2, 0) is 5.41 Å². The van der Waals surface area contributed by atoms with E-state index in [9.17, 15) is 0 Å². The number of anilines is 6. The molecule has 0 spiro atoms. The quantitative estimate of drug-likeness (QED) is 0.152. The number of para-hydroxylation sites is 4. The van der Waals surface area contributed by atoms with Crippen LogP contribution in [-0.4, -0.2) is 0 Å². The van der Waals surface area contributed by atoms with Crippen molar-refractivity contribution in [3.8, 4) is 11.1 Å². The monoisotopic (exact) mass is 1030 g/mol. The van der Waals surface area contributed by atoms with E-state index in [2.05, 4.69) is 301 Å². The Kier molecular flexibility index (Phi) is 9.89. The summed E-state index contributed by atoms with van der Waals surface area (Å²) in [5.74, 6) is 0. The van der Waals surface area contributed by atoms with Gasteiger partial charge in [0.1, 0.15) is 11.2 Å². The van der Waals surface area contributed by atoms with E-state index in [0.29, 0.717) is 0 Å². The summed E-state index contributed by atoms with van der Waals surface area (Å²) in [6, 6.07) is 106. The molecule has 0 amide bonds. The van der Waals surface area contributed by atoms with Crippen LogP contribution in [0.4, 0.5) is 34.1 Å². The van der Waals surface area contributed by atoms with Gasteiger partial charge in [-0.25, -0.2) is 0 Å². The second-order valence-corrected chi connectivity index (χ2v) is 21.4. The van der Waals surface area contributed by atoms with Crippen LogP contribution >= 0.6 is 0 Å². The second-order valence-electron chi connectivity index (χ2n) is 21.4. The summed E-state index contributed by atoms with van der Waals surface area (Å²) < 4.78 is 14.2. The average Bonchev–Trinajstić information content (AvgIpc) is 2.24. The van der Waals surface area contributed by atoms with E-state index >= 15 is 0 Å². The molecule has 0 fully saturated rings. The van der Waals surface area contributed by atoms with E-state index in [1.165, 1.54) is 65.7 Å². The lowest BCUT2D eigenvalue weighted by molar-refractivity contribution is 0.669. The Labute approximate surface area is 467 Å². The van der Waals surface area contributed by atoms with Gasteiger partial charge in [-0.1, -0.05) is 231 Å². The summed E-state index contributed by atoms with van der Waals surface area (Å²) in [5, 5.41) is 13.7. The summed E-state index contributed by atoms with van der Waals surface area (Å²) in [4.78, 5) is 4.88. The molecule has 2 heterocycles. The van der Waals surface area contributed by atoms with Crippen LogP contribution in [0, 0.1) is 0 Å². The van der Waals surface area contributed by atoms with Crippen molar-refractivity contribution >= 4 is 121 Å². The van der Waals surface area contributed by atoms with Crippen LogP contribution in [0.15, 0.2) is 300 Å². The van der Waals surface area contributed by atoms with Gasteiger partial charge in [0.15, 0.2) is 11.2 Å². The maximum Gasteiger partial charge on any atom is 0.159 e. The lowest BCUT2D eigenvalue weighted by Crippen LogP contribution is -2.29. The molecule has 1 aliphatic rings. The molecule has 81 heavy (non-hydrogen) atoms. The summed E-state index contributed by atoms with van der Waals surface area (Å²) in [6.07, 6.45) is 0. The Balaban J connectivity index is 1.00. The Morgan fingerprint density at radius 3 is 1.02 bits per heavy atom. The highest BCUT2D eigenvalue weighted by atomic mass is 16.3. The van der Waals surface area contributed by atoms with Gasteiger partial charge in [0, 0.05) is 43.7 Å². The molecule has 4 nitrogen and oxygen atoms in total. The molecule has 378 valence electrons. The van der Waals surface area contributed by atoms with Crippen molar-refractivity contribution in [2.24, 2.45) is 0 Å². The van der Waals surface area contributed by atoms with Gasteiger partial charge in [-0.05, 0) is 126 Å². The molecule has 0 bridgehead atoms. The van der Waals surface area contributed by atoms with Gasteiger partial charge < -0.3 is 18.6 Å². The molecule has 17 rings (SSSR count). The average molecular weight is 1030 g/mol. The van der Waals surface area contributed by atoms with Crippen molar-refractivity contribution < 1.29 is 8.83 Å². The molecule has 1 aliphatic carbocycles. The molecule has 0 radical (unpaired) electrons. The van der Waals surface area contributed by atoms with Crippen molar-refractivity contribution in [2.45, 2.75) is 5.41 Å². The van der Waals surface area contributed by atoms with E-state index in [0.717, 1.165) is 88.8 Å². The first-order valence-electron chi connectivity index (χ1n) is 27.8. The number of nitrogens with zero attached hydrogens (tertiary/aromatic N) is 2. The van der Waals surface area contributed by atoms with Gasteiger partial charge in [0.25, 0.3) is 0 Å². The lowest BCUT2D eigenvalue weighted by Gasteiger charge is -2.36. The zero-order valence-electron chi connectivity index (χ0n) is 43.9. The molecule has 0 saturated heterocycles. The maximum absolute atomic E-state index is 7.12. The second kappa shape index (κ2) is 17.7. The van der Waals surface area contributed by atoms with E-state index in [1.54, 1.807) is 0 Å². The summed E-state index contributed by atoms with van der Waals surface area (Å²) in [5.41, 5.74) is 15.8. The first kappa shape index (κ1) is 45.3. The Hall–Kier alpha value is -10.7. The highest BCUT2D eigenvalue weighted by Gasteiger charge is 2.49. The van der Waals surface area contributed by atoms with E-state index < -0.39 is 5.41 Å². The van der Waals surface area contributed by atoms with Crippen molar-refractivity contribution in [1.82, 2.24) is 0 Å². The van der Waals surface area contributed by atoms with Gasteiger partial charge in [-0.3, -0.25) is 0 Å². The van der Waals surface area contributed by atoms with Crippen LogP contribution in [0.25, 0.3) is 98.1 Å². The van der Waals surface area contributed by atoms with Crippen LogP contribution in [0.1, 0.15) is 22.3 Å². The zero-order chi connectivity index (χ0) is 53.2. The summed E-state index contributed by atoms with van der Waals surface area (Å²) in [6.45, 7) is 0. The predicted octanol–water partition coefficient (Wildman–Crippen LogP) is 21.4. The number of hydrogen-bond acceptors (Lipinski definition) is 4. The summed E-state index contributed by atoms with van der Waals surface area (Å²) >= 11 is 0. The number of benzene rings is 14. The van der Waals surface area contributed by atoms with Gasteiger partial charge in [-0.2, -0.15) is 0 Å². The third-order valence-electron chi connectivity index (χ3n) is 17.2. The fraction of sp³-hybridized carbons (Fsp3) is 0.0130. The van der Waals surface area contributed by atoms with Crippen LogP contribution in [0.5, 0.6) is 0 Å². The number of fused-ring (bicyclic) bond motifs is 17. The Morgan fingerprint density at radius 1 is 0.259 bits per heavy atom. The molecule has 0 atom stereocenters. The largest absolute Gasteiger partial charge is 0.454 e. The van der Waals surface area contributed by atoms with E-state index in [4.69, 9.17) is 8.83 Å². The summed E-state index contributed by atoms with van der Waals surface area (Å²) in [7, 11) is 0. The van der Waals surface area contributed by atoms with E-state index in [-0.39, 0.29) is 0 Å². The number of rotatable bonds is 8. The lowest BCUT2D eigenvalue weighted by atomic mass is 9.67. The first-order chi connectivity index (χ1) is 40.2. The maximum atomic E-state index is 7.12. The SMILES string of the molecule is c1ccc(N(c2cc3c(c4ccccc24)-c2c(cc(N(c4ccccc4)c4cccc5c4oc4ccc6ccccc6c45)c4ccccc24)C3(c2ccccc2)c2ccccc2)c2cccc3c2oc2ccc4ccccc4c23)cc1. The smallest absolute Gasteiger partial charge is 0.159 e. The molecule has 0 N–H and O–H groups in total. The van der Waals surface area contributed by atoms with Gasteiger partial charge in [0.05, 0.1) is 28.2 Å². The minimum atomic E-state index is -0.829. The van der Waals surface area contributed by atoms with Crippen molar-refractivity contribution in [3.05, 3.63) is 313 Å². The molecule has 16 aromatic rings. The van der Waals surface area contributed by atoms with Crippen LogP contribution in [0.2, 0.25) is 0 Å². The molecule has 0 aliphatic heterocycles. The molecule has 0 unspecified atom stereocenters. The van der Waals surface area contributed by atoms with Gasteiger partial charge in [0.2, 0.25) is 0 Å². The Bertz CT molecular complexity index is 4850. The van der Waals surface area contributed by atoms with Gasteiger partial charge >= 0.3 is 0 Å². The number of furan rings is 2. The minimum Gasteiger partial charge on any atom is -0.454 e. The van der Waals surface area contributed by atoms with Crippen LogP contribution < -0.4 is 9.80 Å². The molecular weight excluding hydrogens is 985 g/mol. The van der Waals surface area contributed by atoms with Crippen molar-refractivity contribution in [2.75, 3.05) is 9.80 Å². The van der Waals surface area contributed by atoms with Gasteiger partial charge in [-0.15, -0.1) is 0 Å². The predicted molar refractivity (Wildman–Crippen MR) is 338 cm³/mol. The molecule has 0 saturated carbocycles. The topological polar surface area (TPSA) is 32.8 Å². The minimum absolute atomic E-state index is 0.829. The normalized spacial score (nSPS) is 12.8.